The maximum absolute atomic E-state index is 9.91. The Bertz CT molecular complexity index is 1230. The molecule has 188 valence electrons. The van der Waals surface area contributed by atoms with E-state index in [1.165, 1.54) is 17.7 Å². The van der Waals surface area contributed by atoms with Crippen molar-refractivity contribution in [3.05, 3.63) is 102 Å². The minimum absolute atomic E-state index is 0.504. The van der Waals surface area contributed by atoms with E-state index < -0.39 is 21.1 Å². The van der Waals surface area contributed by atoms with Gasteiger partial charge in [0.1, 0.15) is 0 Å². The van der Waals surface area contributed by atoms with Crippen LogP contribution in [0.5, 0.6) is 11.5 Å². The average Bonchev–Trinajstić information content (AvgIpc) is 3.61. The Kier molecular flexibility index (Phi) is 9.38. The first kappa shape index (κ1) is 26.9. The molecular weight excluding hydrogens is 536 g/mol. The van der Waals surface area contributed by atoms with Crippen molar-refractivity contribution < 1.29 is 26.8 Å². The van der Waals surface area contributed by atoms with E-state index in [-0.39, 0.29) is 0 Å². The summed E-state index contributed by atoms with van der Waals surface area (Å²) >= 11 is -4.49. The molecule has 37 heavy (non-hydrogen) atoms. The van der Waals surface area contributed by atoms with E-state index in [1.54, 1.807) is 12.1 Å². The van der Waals surface area contributed by atoms with Crippen LogP contribution in [0.15, 0.2) is 90.5 Å². The second-order valence-electron chi connectivity index (χ2n) is 9.46. The summed E-state index contributed by atoms with van der Waals surface area (Å²) in [4.78, 5) is 0. The number of hydrogen-bond acceptors (Lipinski definition) is 4. The number of rotatable bonds is 12. The number of unbranched alkanes of at least 4 members (excludes halogenated alkanes) is 2. The van der Waals surface area contributed by atoms with E-state index >= 15 is 0 Å². The normalized spacial score (nSPS) is 14.7. The fourth-order valence-corrected chi connectivity index (χ4v) is 14.7. The number of nitriles is 2. The number of hydrogen-bond donors (Lipinski definition) is 0. The first-order chi connectivity index (χ1) is 18.2. The number of benzene rings is 2. The van der Waals surface area contributed by atoms with Gasteiger partial charge in [0.05, 0.1) is 0 Å². The number of para-hydroxylation sites is 2. The number of nitrogens with zero attached hydrogens (tertiary/aromatic N) is 2. The molecule has 0 N–H and O–H groups in total. The van der Waals surface area contributed by atoms with Gasteiger partial charge in [-0.25, -0.2) is 0 Å². The van der Waals surface area contributed by atoms with Gasteiger partial charge < -0.3 is 0 Å². The first-order valence-corrected chi connectivity index (χ1v) is 17.8. The predicted octanol–water partition coefficient (Wildman–Crippen LogP) is 8.68. The fraction of sp³-hybridized carbons (Fsp3) is 0.312. The van der Waals surface area contributed by atoms with E-state index in [0.717, 1.165) is 51.4 Å². The zero-order chi connectivity index (χ0) is 26.1. The Morgan fingerprint density at radius 1 is 0.703 bits per heavy atom. The van der Waals surface area contributed by atoms with Crippen LogP contribution in [0.2, 0.25) is 0 Å². The molecule has 0 aromatic heterocycles. The zero-order valence-corrected chi connectivity index (χ0v) is 24.3. The van der Waals surface area contributed by atoms with Crippen LogP contribution in [0, 0.1) is 22.7 Å². The SMILES string of the molecule is CCCCC1=[C]([Zr]([O]c2ccccc2C#N)([O]c2ccccc2C#N)[C]2=C(CCCC)C=CC2)CC=C1. The van der Waals surface area contributed by atoms with Gasteiger partial charge in [-0.15, -0.1) is 0 Å². The van der Waals surface area contributed by atoms with Crippen molar-refractivity contribution in [1.29, 1.82) is 10.5 Å². The van der Waals surface area contributed by atoms with Gasteiger partial charge in [0.2, 0.25) is 0 Å². The van der Waals surface area contributed by atoms with Crippen molar-refractivity contribution in [3.8, 4) is 23.6 Å². The van der Waals surface area contributed by atoms with Crippen molar-refractivity contribution >= 4 is 0 Å². The molecule has 0 amide bonds. The standard InChI is InChI=1S/2C9H13.2C7H5NO.Zr/c2*1-2-3-6-9-7-4-5-8-9;2*8-5-6-3-1-2-4-7(6)9;/h2*4,7H,2-3,5-6H2,1H3;2*1-4,9H;/q;;;;+2/p-2. The summed E-state index contributed by atoms with van der Waals surface area (Å²) in [6.07, 6.45) is 16.8. The van der Waals surface area contributed by atoms with Crippen LogP contribution in [0.3, 0.4) is 0 Å². The Balaban J connectivity index is 1.99. The molecule has 4 rings (SSSR count). The summed E-state index contributed by atoms with van der Waals surface area (Å²) in [6.45, 7) is 4.42. The molecule has 0 fully saturated rings. The van der Waals surface area contributed by atoms with Crippen molar-refractivity contribution in [2.24, 2.45) is 0 Å². The molecular formula is C32H34N2O2Zr. The molecule has 0 unspecified atom stereocenters. The summed E-state index contributed by atoms with van der Waals surface area (Å²) in [5.41, 5.74) is 3.61. The van der Waals surface area contributed by atoms with Gasteiger partial charge in [-0.3, -0.25) is 0 Å². The van der Waals surface area contributed by atoms with Crippen LogP contribution in [-0.2, 0) is 21.1 Å². The topological polar surface area (TPSA) is 66.0 Å². The van der Waals surface area contributed by atoms with Gasteiger partial charge in [0.15, 0.2) is 0 Å². The summed E-state index contributed by atoms with van der Waals surface area (Å²) in [7, 11) is 0. The van der Waals surface area contributed by atoms with E-state index in [0.29, 0.717) is 22.6 Å². The van der Waals surface area contributed by atoms with Crippen molar-refractivity contribution in [2.75, 3.05) is 0 Å². The van der Waals surface area contributed by atoms with Crippen LogP contribution in [0.4, 0.5) is 0 Å². The average molecular weight is 570 g/mol. The van der Waals surface area contributed by atoms with E-state index in [1.807, 2.05) is 36.4 Å². The summed E-state index contributed by atoms with van der Waals surface area (Å²) in [6, 6.07) is 19.5. The summed E-state index contributed by atoms with van der Waals surface area (Å²) < 4.78 is 16.9. The fourth-order valence-electron chi connectivity index (χ4n) is 5.05. The first-order valence-electron chi connectivity index (χ1n) is 13.3. The Morgan fingerprint density at radius 2 is 1.14 bits per heavy atom. The third-order valence-electron chi connectivity index (χ3n) is 6.97. The Hall–Kier alpha value is -3.14. The molecule has 4 nitrogen and oxygen atoms in total. The molecule has 0 radical (unpaired) electrons. The Morgan fingerprint density at radius 3 is 1.54 bits per heavy atom. The van der Waals surface area contributed by atoms with Gasteiger partial charge in [-0.05, 0) is 0 Å². The molecule has 0 atom stereocenters. The molecule has 0 aliphatic heterocycles. The van der Waals surface area contributed by atoms with E-state index in [2.05, 4.69) is 50.3 Å². The van der Waals surface area contributed by atoms with Crippen molar-refractivity contribution in [3.63, 3.8) is 0 Å². The predicted molar refractivity (Wildman–Crippen MR) is 144 cm³/mol. The monoisotopic (exact) mass is 568 g/mol. The van der Waals surface area contributed by atoms with Crippen LogP contribution in [0.1, 0.15) is 76.3 Å². The van der Waals surface area contributed by atoms with Gasteiger partial charge >= 0.3 is 228 Å². The molecule has 2 aromatic rings. The van der Waals surface area contributed by atoms with Gasteiger partial charge in [0, 0.05) is 0 Å². The van der Waals surface area contributed by atoms with Crippen LogP contribution in [0.25, 0.3) is 0 Å². The molecule has 2 aliphatic carbocycles. The molecule has 5 heteroatoms. The molecule has 0 bridgehead atoms. The zero-order valence-electron chi connectivity index (χ0n) is 21.8. The van der Waals surface area contributed by atoms with Crippen LogP contribution in [-0.4, -0.2) is 0 Å². The quantitative estimate of drug-likeness (QED) is 0.256. The van der Waals surface area contributed by atoms with E-state index in [4.69, 9.17) is 5.63 Å². The van der Waals surface area contributed by atoms with Crippen LogP contribution < -0.4 is 5.63 Å². The second-order valence-corrected chi connectivity index (χ2v) is 16.5. The van der Waals surface area contributed by atoms with Crippen LogP contribution >= 0.6 is 0 Å². The minimum atomic E-state index is -4.49. The maximum atomic E-state index is 9.91. The third kappa shape index (κ3) is 5.90. The summed E-state index contributed by atoms with van der Waals surface area (Å²) in [5, 5.41) is 19.8. The third-order valence-corrected chi connectivity index (χ3v) is 16.0. The van der Waals surface area contributed by atoms with Crippen molar-refractivity contribution in [1.82, 2.24) is 0 Å². The van der Waals surface area contributed by atoms with Gasteiger partial charge in [-0.2, -0.15) is 0 Å². The van der Waals surface area contributed by atoms with E-state index in [9.17, 15) is 10.5 Å². The number of allylic oxidation sites excluding steroid dienone is 8. The molecule has 2 aliphatic rings. The molecule has 0 saturated carbocycles. The van der Waals surface area contributed by atoms with Gasteiger partial charge in [-0.1, -0.05) is 0 Å². The summed E-state index contributed by atoms with van der Waals surface area (Å²) in [5.74, 6) is 1.14. The molecule has 0 saturated heterocycles. The van der Waals surface area contributed by atoms with Crippen molar-refractivity contribution in [2.45, 2.75) is 65.2 Å². The second kappa shape index (κ2) is 12.9. The molecule has 0 heterocycles. The Labute approximate surface area is 226 Å². The molecule has 0 spiro atoms. The van der Waals surface area contributed by atoms with Gasteiger partial charge in [0.25, 0.3) is 0 Å². The molecule has 2 aromatic carbocycles.